The molecule has 186 valence electrons. The standard InChI is InChI=1S/C28H32N6O2/c1-32-26-22(14-19(15-25(26)36-2)28(35)33-13-5-6-20(29)17-33)31-27(32)24-11-10-23(21-7-3-4-12-30-21)34(24)16-18-8-9-18/h3-4,7,10-12,14-15,18,20H,5-6,8-9,13,16-17,29H2,1-2H3/t20-/m1/s1. The summed E-state index contributed by atoms with van der Waals surface area (Å²) >= 11 is 0. The zero-order valence-corrected chi connectivity index (χ0v) is 20.9. The van der Waals surface area contributed by atoms with Gasteiger partial charge in [0.25, 0.3) is 5.91 Å². The van der Waals surface area contributed by atoms with E-state index in [1.54, 1.807) is 7.11 Å². The van der Waals surface area contributed by atoms with Crippen LogP contribution >= 0.6 is 0 Å². The molecule has 0 bridgehead atoms. The number of fused-ring (bicyclic) bond motifs is 1. The Morgan fingerprint density at radius 2 is 1.97 bits per heavy atom. The van der Waals surface area contributed by atoms with Crippen LogP contribution in [0, 0.1) is 5.92 Å². The molecular formula is C28H32N6O2. The van der Waals surface area contributed by atoms with E-state index in [9.17, 15) is 4.79 Å². The molecule has 8 heteroatoms. The number of nitrogens with two attached hydrogens (primary N) is 1. The number of amides is 1. The maximum absolute atomic E-state index is 13.3. The molecule has 0 unspecified atom stereocenters. The molecule has 1 aliphatic carbocycles. The van der Waals surface area contributed by atoms with Crippen LogP contribution in [0.4, 0.5) is 0 Å². The molecule has 4 aromatic rings. The van der Waals surface area contributed by atoms with E-state index in [1.165, 1.54) is 12.8 Å². The monoisotopic (exact) mass is 484 g/mol. The predicted molar refractivity (Wildman–Crippen MR) is 140 cm³/mol. The number of aryl methyl sites for hydroxylation is 1. The van der Waals surface area contributed by atoms with Gasteiger partial charge in [0.05, 0.1) is 29.7 Å². The average Bonchev–Trinajstić information content (AvgIpc) is 3.54. The fourth-order valence-electron chi connectivity index (χ4n) is 5.35. The van der Waals surface area contributed by atoms with Crippen molar-refractivity contribution in [3.8, 4) is 28.7 Å². The molecule has 0 spiro atoms. The number of methoxy groups -OCH3 is 1. The number of nitrogens with zero attached hydrogens (tertiary/aromatic N) is 5. The molecule has 2 aliphatic rings. The number of ether oxygens (including phenoxy) is 1. The van der Waals surface area contributed by atoms with Gasteiger partial charge >= 0.3 is 0 Å². The summed E-state index contributed by atoms with van der Waals surface area (Å²) in [7, 11) is 3.65. The molecule has 1 amide bonds. The smallest absolute Gasteiger partial charge is 0.254 e. The number of aromatic nitrogens is 4. The van der Waals surface area contributed by atoms with Gasteiger partial charge in [-0.15, -0.1) is 0 Å². The summed E-state index contributed by atoms with van der Waals surface area (Å²) in [5.41, 5.74) is 11.4. The first-order valence-electron chi connectivity index (χ1n) is 12.7. The Kier molecular flexibility index (Phi) is 5.76. The quantitative estimate of drug-likeness (QED) is 0.445. The lowest BCUT2D eigenvalue weighted by Crippen LogP contribution is -2.45. The summed E-state index contributed by atoms with van der Waals surface area (Å²) in [6, 6.07) is 14.0. The number of pyridine rings is 1. The highest BCUT2D eigenvalue weighted by Gasteiger charge is 2.28. The van der Waals surface area contributed by atoms with E-state index in [-0.39, 0.29) is 11.9 Å². The highest BCUT2D eigenvalue weighted by atomic mass is 16.5. The first kappa shape index (κ1) is 22.8. The molecule has 8 nitrogen and oxygen atoms in total. The minimum absolute atomic E-state index is 0.0212. The Balaban J connectivity index is 1.45. The zero-order chi connectivity index (χ0) is 24.8. The molecule has 1 saturated carbocycles. The van der Waals surface area contributed by atoms with Gasteiger partial charge in [0, 0.05) is 44.5 Å². The first-order valence-corrected chi connectivity index (χ1v) is 12.7. The van der Waals surface area contributed by atoms with Crippen LogP contribution in [0.3, 0.4) is 0 Å². The van der Waals surface area contributed by atoms with Crippen molar-refractivity contribution in [2.45, 2.75) is 38.3 Å². The van der Waals surface area contributed by atoms with E-state index < -0.39 is 0 Å². The Hall–Kier alpha value is -3.65. The third kappa shape index (κ3) is 4.05. The summed E-state index contributed by atoms with van der Waals surface area (Å²) in [5.74, 6) is 2.15. The molecule has 36 heavy (non-hydrogen) atoms. The summed E-state index contributed by atoms with van der Waals surface area (Å²) in [5, 5.41) is 0. The predicted octanol–water partition coefficient (Wildman–Crippen LogP) is 4.09. The van der Waals surface area contributed by atoms with Gasteiger partial charge in [0.2, 0.25) is 0 Å². The number of rotatable bonds is 6. The van der Waals surface area contributed by atoms with E-state index in [2.05, 4.69) is 26.3 Å². The van der Waals surface area contributed by atoms with Crippen LogP contribution in [0.25, 0.3) is 33.9 Å². The number of carbonyl (C=O) groups excluding carboxylic acids is 1. The summed E-state index contributed by atoms with van der Waals surface area (Å²) in [6.07, 6.45) is 6.22. The minimum atomic E-state index is -0.0212. The van der Waals surface area contributed by atoms with Crippen molar-refractivity contribution in [2.24, 2.45) is 18.7 Å². The van der Waals surface area contributed by atoms with E-state index in [0.29, 0.717) is 23.8 Å². The summed E-state index contributed by atoms with van der Waals surface area (Å²) < 4.78 is 10.2. The van der Waals surface area contributed by atoms with Gasteiger partial charge in [-0.05, 0) is 68.0 Å². The maximum atomic E-state index is 13.3. The van der Waals surface area contributed by atoms with Gasteiger partial charge in [-0.25, -0.2) is 4.98 Å². The first-order chi connectivity index (χ1) is 17.5. The van der Waals surface area contributed by atoms with Crippen LogP contribution in [0.2, 0.25) is 0 Å². The van der Waals surface area contributed by atoms with Crippen molar-refractivity contribution in [2.75, 3.05) is 20.2 Å². The highest BCUT2D eigenvalue weighted by Crippen LogP contribution is 2.38. The normalized spacial score (nSPS) is 18.1. The number of benzene rings is 1. The van der Waals surface area contributed by atoms with Crippen LogP contribution in [-0.4, -0.2) is 56.2 Å². The van der Waals surface area contributed by atoms with Gasteiger partial charge < -0.3 is 24.5 Å². The fraction of sp³-hybridized carbons (Fsp3) is 0.393. The topological polar surface area (TPSA) is 91.2 Å². The molecule has 1 aromatic carbocycles. The number of hydrogen-bond acceptors (Lipinski definition) is 5. The molecule has 1 aliphatic heterocycles. The van der Waals surface area contributed by atoms with E-state index in [0.717, 1.165) is 59.9 Å². The molecular weight excluding hydrogens is 452 g/mol. The third-order valence-corrected chi connectivity index (χ3v) is 7.42. The van der Waals surface area contributed by atoms with Gasteiger partial charge in [-0.1, -0.05) is 6.07 Å². The Morgan fingerprint density at radius 1 is 1.14 bits per heavy atom. The highest BCUT2D eigenvalue weighted by molar-refractivity contribution is 6.00. The van der Waals surface area contributed by atoms with Crippen LogP contribution in [0.15, 0.2) is 48.7 Å². The number of hydrogen-bond donors (Lipinski definition) is 1. The Morgan fingerprint density at radius 3 is 2.69 bits per heavy atom. The van der Waals surface area contributed by atoms with Crippen LogP contribution < -0.4 is 10.5 Å². The van der Waals surface area contributed by atoms with Crippen molar-refractivity contribution in [1.29, 1.82) is 0 Å². The molecule has 2 fully saturated rings. The second-order valence-electron chi connectivity index (χ2n) is 10.1. The second-order valence-corrected chi connectivity index (χ2v) is 10.1. The summed E-state index contributed by atoms with van der Waals surface area (Å²) in [6.45, 7) is 2.25. The number of likely N-dealkylation sites (tertiary alicyclic amines) is 1. The third-order valence-electron chi connectivity index (χ3n) is 7.42. The van der Waals surface area contributed by atoms with E-state index in [1.807, 2.05) is 48.5 Å². The van der Waals surface area contributed by atoms with E-state index in [4.69, 9.17) is 15.5 Å². The largest absolute Gasteiger partial charge is 0.494 e. The lowest BCUT2D eigenvalue weighted by molar-refractivity contribution is 0.0708. The molecule has 3 aromatic heterocycles. The second kappa shape index (κ2) is 9.09. The number of imidazole rings is 1. The van der Waals surface area contributed by atoms with Gasteiger partial charge in [-0.2, -0.15) is 0 Å². The molecule has 1 atom stereocenters. The SMILES string of the molecule is COc1cc(C(=O)N2CCC[C@@H](N)C2)cc2nc(-c3ccc(-c4ccccn4)n3CC3CC3)n(C)c12. The average molecular weight is 485 g/mol. The molecule has 1 saturated heterocycles. The van der Waals surface area contributed by atoms with Crippen LogP contribution in [-0.2, 0) is 13.6 Å². The number of carbonyl (C=O) groups is 1. The zero-order valence-electron chi connectivity index (χ0n) is 20.9. The van der Waals surface area contributed by atoms with Crippen molar-refractivity contribution < 1.29 is 9.53 Å². The molecule has 6 rings (SSSR count). The summed E-state index contributed by atoms with van der Waals surface area (Å²) in [4.78, 5) is 24.8. The van der Waals surface area contributed by atoms with Gasteiger partial charge in [0.1, 0.15) is 11.3 Å². The van der Waals surface area contributed by atoms with Gasteiger partial charge in [-0.3, -0.25) is 9.78 Å². The van der Waals surface area contributed by atoms with Crippen molar-refractivity contribution in [3.63, 3.8) is 0 Å². The Bertz CT molecular complexity index is 1420. The molecule has 4 heterocycles. The van der Waals surface area contributed by atoms with Crippen molar-refractivity contribution in [1.82, 2.24) is 24.0 Å². The maximum Gasteiger partial charge on any atom is 0.254 e. The molecule has 0 radical (unpaired) electrons. The van der Waals surface area contributed by atoms with Crippen molar-refractivity contribution in [3.05, 3.63) is 54.2 Å². The van der Waals surface area contributed by atoms with E-state index >= 15 is 0 Å². The molecule has 2 N–H and O–H groups in total. The van der Waals surface area contributed by atoms with Crippen LogP contribution in [0.1, 0.15) is 36.0 Å². The number of piperidine rings is 1. The van der Waals surface area contributed by atoms with Gasteiger partial charge in [0.15, 0.2) is 5.82 Å². The minimum Gasteiger partial charge on any atom is -0.494 e. The van der Waals surface area contributed by atoms with Crippen LogP contribution in [0.5, 0.6) is 5.75 Å². The lowest BCUT2D eigenvalue weighted by Gasteiger charge is -2.30. The fourth-order valence-corrected chi connectivity index (χ4v) is 5.35. The Labute approximate surface area is 210 Å². The lowest BCUT2D eigenvalue weighted by atomic mass is 10.0. The van der Waals surface area contributed by atoms with Crippen molar-refractivity contribution >= 4 is 16.9 Å².